The van der Waals surface area contributed by atoms with Gasteiger partial charge in [0.2, 0.25) is 5.95 Å². The van der Waals surface area contributed by atoms with Crippen molar-refractivity contribution in [2.45, 2.75) is 84.9 Å². The largest absolute Gasteiger partial charge is 0.496 e. The molecule has 3 heterocycles. The number of benzene rings is 1. The summed E-state index contributed by atoms with van der Waals surface area (Å²) in [6.45, 7) is 9.81. The number of fused-ring (bicyclic) bond motifs is 1. The number of nitrogen functional groups attached to an aromatic ring is 1. The lowest BCUT2D eigenvalue weighted by Gasteiger charge is -2.21. The Kier molecular flexibility index (Phi) is 11.8. The number of carbonyl (C=O) groups excluding carboxylic acids is 1. The lowest BCUT2D eigenvalue weighted by Crippen LogP contribution is -2.41. The summed E-state index contributed by atoms with van der Waals surface area (Å²) < 4.78 is 19.3. The molecule has 254 valence electrons. The maximum absolute atomic E-state index is 12.8. The molecule has 0 aliphatic heterocycles. The van der Waals surface area contributed by atoms with Crippen molar-refractivity contribution in [3.63, 3.8) is 0 Å². The second kappa shape index (κ2) is 16.2. The molecule has 5 rings (SSSR count). The first kappa shape index (κ1) is 35.0. The molecule has 0 saturated heterocycles. The van der Waals surface area contributed by atoms with Gasteiger partial charge in [0.25, 0.3) is 0 Å². The first-order valence-electron chi connectivity index (χ1n) is 16.6. The number of carbonyl (C=O) groups is 1. The molecular formula is C37H45ClN6O4. The number of nitrogens with two attached hydrogens (primary N) is 1. The molecule has 48 heavy (non-hydrogen) atoms. The molecule has 1 aromatic carbocycles. The number of methoxy groups -OCH3 is 1. The zero-order chi connectivity index (χ0) is 34.2. The summed E-state index contributed by atoms with van der Waals surface area (Å²) in [6.07, 6.45) is 9.52. The predicted octanol–water partition coefficient (Wildman–Crippen LogP) is 6.39. The maximum Gasteiger partial charge on any atom is 0.323 e. The van der Waals surface area contributed by atoms with E-state index in [-0.39, 0.29) is 29.2 Å². The Morgan fingerprint density at radius 1 is 1.15 bits per heavy atom. The summed E-state index contributed by atoms with van der Waals surface area (Å²) in [6, 6.07) is 7.34. The van der Waals surface area contributed by atoms with Crippen molar-refractivity contribution >= 4 is 34.6 Å². The highest BCUT2D eigenvalue weighted by Crippen LogP contribution is 2.30. The van der Waals surface area contributed by atoms with E-state index in [1.165, 1.54) is 0 Å². The number of aromatic nitrogens is 4. The standard InChI is InChI=1S/C37H45ClN6O4/c1-23(2)19-30(36(45)48-29-9-6-7-10-29)40-17-8-18-47-28-15-12-26(13-16-28)11-14-27-21-44(35-32(27)34(38)42-37(39)43-35)22-31-25(4)33(46-5)24(3)20-41-31/h12-13,15-16,20-21,23,29-30,40H,6-10,17-19,22H2,1-5H3,(H2,39,42,43). The second-order valence-electron chi connectivity index (χ2n) is 12.7. The molecule has 1 aliphatic carbocycles. The van der Waals surface area contributed by atoms with Crippen LogP contribution in [0.15, 0.2) is 36.7 Å². The van der Waals surface area contributed by atoms with E-state index in [2.05, 4.69) is 46.0 Å². The molecule has 3 N–H and O–H groups in total. The average molecular weight is 673 g/mol. The van der Waals surface area contributed by atoms with Crippen LogP contribution in [0.3, 0.4) is 0 Å². The van der Waals surface area contributed by atoms with Gasteiger partial charge in [-0.3, -0.25) is 9.78 Å². The molecule has 0 radical (unpaired) electrons. The Bertz CT molecular complexity index is 1790. The highest BCUT2D eigenvalue weighted by Gasteiger charge is 2.26. The number of pyridine rings is 1. The van der Waals surface area contributed by atoms with E-state index >= 15 is 0 Å². The number of ether oxygens (including phenoxy) is 3. The van der Waals surface area contributed by atoms with Gasteiger partial charge in [0.05, 0.1) is 36.9 Å². The minimum atomic E-state index is -0.289. The fourth-order valence-electron chi connectivity index (χ4n) is 6.07. The Labute approximate surface area is 287 Å². The summed E-state index contributed by atoms with van der Waals surface area (Å²) in [5.41, 5.74) is 10.8. The lowest BCUT2D eigenvalue weighted by atomic mass is 10.0. The molecule has 0 amide bonds. The molecule has 0 spiro atoms. The van der Waals surface area contributed by atoms with Crippen molar-refractivity contribution in [2.75, 3.05) is 26.0 Å². The fraction of sp³-hybridized carbons (Fsp3) is 0.459. The van der Waals surface area contributed by atoms with Gasteiger partial charge in [0, 0.05) is 29.1 Å². The molecular weight excluding hydrogens is 628 g/mol. The first-order chi connectivity index (χ1) is 23.1. The molecule has 0 bridgehead atoms. The van der Waals surface area contributed by atoms with Crippen LogP contribution >= 0.6 is 11.6 Å². The van der Waals surface area contributed by atoms with Crippen LogP contribution in [0.5, 0.6) is 11.5 Å². The van der Waals surface area contributed by atoms with Crippen LogP contribution in [0.25, 0.3) is 11.0 Å². The molecule has 11 heteroatoms. The summed E-state index contributed by atoms with van der Waals surface area (Å²) in [5.74, 6) is 8.37. The smallest absolute Gasteiger partial charge is 0.323 e. The van der Waals surface area contributed by atoms with Crippen LogP contribution in [-0.2, 0) is 16.1 Å². The van der Waals surface area contributed by atoms with Gasteiger partial charge in [0.1, 0.15) is 34.4 Å². The minimum absolute atomic E-state index is 0.0764. The lowest BCUT2D eigenvalue weighted by molar-refractivity contribution is -0.151. The van der Waals surface area contributed by atoms with Crippen LogP contribution in [0.4, 0.5) is 5.95 Å². The van der Waals surface area contributed by atoms with Gasteiger partial charge in [-0.2, -0.15) is 4.98 Å². The second-order valence-corrected chi connectivity index (χ2v) is 13.1. The number of anilines is 1. The van der Waals surface area contributed by atoms with Gasteiger partial charge in [-0.25, -0.2) is 4.98 Å². The third-order valence-electron chi connectivity index (χ3n) is 8.51. The minimum Gasteiger partial charge on any atom is -0.496 e. The molecule has 10 nitrogen and oxygen atoms in total. The summed E-state index contributed by atoms with van der Waals surface area (Å²) in [5, 5.41) is 4.26. The molecule has 1 aliphatic rings. The van der Waals surface area contributed by atoms with Gasteiger partial charge < -0.3 is 29.8 Å². The van der Waals surface area contributed by atoms with Crippen molar-refractivity contribution in [1.82, 2.24) is 24.8 Å². The van der Waals surface area contributed by atoms with Gasteiger partial charge in [-0.1, -0.05) is 37.3 Å². The van der Waals surface area contributed by atoms with Crippen molar-refractivity contribution in [1.29, 1.82) is 0 Å². The number of hydrogen-bond acceptors (Lipinski definition) is 9. The average Bonchev–Trinajstić information content (AvgIpc) is 3.69. The summed E-state index contributed by atoms with van der Waals surface area (Å²) in [7, 11) is 1.66. The van der Waals surface area contributed by atoms with Gasteiger partial charge in [-0.15, -0.1) is 0 Å². The van der Waals surface area contributed by atoms with Crippen LogP contribution < -0.4 is 20.5 Å². The summed E-state index contributed by atoms with van der Waals surface area (Å²) >= 11 is 6.55. The Hall–Kier alpha value is -4.33. The molecule has 1 atom stereocenters. The van der Waals surface area contributed by atoms with E-state index < -0.39 is 0 Å². The number of aryl methyl sites for hydroxylation is 1. The van der Waals surface area contributed by atoms with Gasteiger partial charge in [0.15, 0.2) is 0 Å². The Morgan fingerprint density at radius 2 is 1.90 bits per heavy atom. The van der Waals surface area contributed by atoms with E-state index in [4.69, 9.17) is 31.5 Å². The third kappa shape index (κ3) is 8.77. The zero-order valence-electron chi connectivity index (χ0n) is 28.4. The van der Waals surface area contributed by atoms with Gasteiger partial charge in [-0.05, 0) is 89.1 Å². The number of nitrogens with zero attached hydrogens (tertiary/aromatic N) is 4. The Balaban J connectivity index is 1.20. The molecule has 1 saturated carbocycles. The summed E-state index contributed by atoms with van der Waals surface area (Å²) in [4.78, 5) is 26.0. The quantitative estimate of drug-likeness (QED) is 0.0719. The number of nitrogens with one attached hydrogen (secondary N) is 1. The van der Waals surface area contributed by atoms with Crippen molar-refractivity contribution < 1.29 is 19.0 Å². The monoisotopic (exact) mass is 672 g/mol. The van der Waals surface area contributed by atoms with E-state index in [1.807, 2.05) is 48.9 Å². The Morgan fingerprint density at radius 3 is 2.60 bits per heavy atom. The predicted molar refractivity (Wildman–Crippen MR) is 188 cm³/mol. The van der Waals surface area contributed by atoms with Gasteiger partial charge >= 0.3 is 5.97 Å². The highest BCUT2D eigenvalue weighted by molar-refractivity contribution is 6.34. The van der Waals surface area contributed by atoms with Crippen LogP contribution in [0.2, 0.25) is 5.15 Å². The number of hydrogen-bond donors (Lipinski definition) is 2. The van der Waals surface area contributed by atoms with E-state index in [9.17, 15) is 4.79 Å². The molecule has 3 aromatic heterocycles. The van der Waals surface area contributed by atoms with Crippen LogP contribution in [0.1, 0.15) is 80.3 Å². The third-order valence-corrected chi connectivity index (χ3v) is 8.79. The molecule has 1 fully saturated rings. The molecule has 4 aromatic rings. The molecule has 1 unspecified atom stereocenters. The first-order valence-corrected chi connectivity index (χ1v) is 17.0. The topological polar surface area (TPSA) is 126 Å². The highest BCUT2D eigenvalue weighted by atomic mass is 35.5. The SMILES string of the molecule is COc1c(C)cnc(Cn2cc(C#Cc3ccc(OCCCNC(CC(C)C)C(=O)OC4CCCC4)cc3)c3c(Cl)nc(N)nc32)c1C. The van der Waals surface area contributed by atoms with Crippen LogP contribution in [0, 0.1) is 31.6 Å². The van der Waals surface area contributed by atoms with E-state index in [0.29, 0.717) is 42.2 Å². The van der Waals surface area contributed by atoms with Crippen LogP contribution in [-0.4, -0.2) is 57.9 Å². The normalized spacial score (nSPS) is 13.8. The number of halogens is 1. The van der Waals surface area contributed by atoms with E-state index in [1.54, 1.807) is 13.3 Å². The number of rotatable bonds is 13. The zero-order valence-corrected chi connectivity index (χ0v) is 29.2. The van der Waals surface area contributed by atoms with Crippen molar-refractivity contribution in [3.05, 3.63) is 69.8 Å². The van der Waals surface area contributed by atoms with Crippen molar-refractivity contribution in [2.24, 2.45) is 5.92 Å². The van der Waals surface area contributed by atoms with E-state index in [0.717, 1.165) is 72.4 Å². The van der Waals surface area contributed by atoms with Crippen molar-refractivity contribution in [3.8, 4) is 23.3 Å². The fourth-order valence-corrected chi connectivity index (χ4v) is 6.34. The maximum atomic E-state index is 12.8. The number of esters is 1.